The molecule has 0 aliphatic heterocycles. The minimum absolute atomic E-state index is 0.147. The van der Waals surface area contributed by atoms with E-state index in [2.05, 4.69) is 0 Å². The van der Waals surface area contributed by atoms with Gasteiger partial charge in [0, 0.05) is 6.42 Å². The Balaban J connectivity index is 2.43. The third-order valence-electron chi connectivity index (χ3n) is 2.26. The Hall–Kier alpha value is -1.34. The highest BCUT2D eigenvalue weighted by molar-refractivity contribution is 6.32. The highest BCUT2D eigenvalue weighted by atomic mass is 19.4. The summed E-state index contributed by atoms with van der Waals surface area (Å²) in [6.07, 6.45) is -7.55. The van der Waals surface area contributed by atoms with Crippen molar-refractivity contribution in [1.82, 2.24) is 0 Å². The molecule has 19 heavy (non-hydrogen) atoms. The smallest absolute Gasteiger partial charge is 0.453 e. The normalized spacial score (nSPS) is 12.5. The molecule has 0 amide bonds. The molecule has 104 valence electrons. The van der Waals surface area contributed by atoms with Crippen LogP contribution in [-0.4, -0.2) is 26.6 Å². The van der Waals surface area contributed by atoms with Crippen molar-refractivity contribution in [3.8, 4) is 5.75 Å². The molecule has 1 aromatic rings. The molecule has 0 atom stereocenters. The fourth-order valence-electron chi connectivity index (χ4n) is 1.25. The van der Waals surface area contributed by atoms with Crippen LogP contribution in [0.4, 0.5) is 26.3 Å². The van der Waals surface area contributed by atoms with Crippen molar-refractivity contribution in [2.45, 2.75) is 24.9 Å². The van der Waals surface area contributed by atoms with Gasteiger partial charge >= 0.3 is 12.1 Å². The van der Waals surface area contributed by atoms with E-state index < -0.39 is 37.4 Å². The molecule has 1 nitrogen and oxygen atoms in total. The third-order valence-corrected chi connectivity index (χ3v) is 2.26. The number of ether oxygens (including phenoxy) is 1. The summed E-state index contributed by atoms with van der Waals surface area (Å²) in [5.41, 5.74) is 0.147. The summed E-state index contributed by atoms with van der Waals surface area (Å²) < 4.78 is 78.5. The first-order valence-electron chi connectivity index (χ1n) is 5.26. The van der Waals surface area contributed by atoms with E-state index in [9.17, 15) is 26.3 Å². The van der Waals surface area contributed by atoms with E-state index in [-0.39, 0.29) is 11.2 Å². The van der Waals surface area contributed by atoms with Gasteiger partial charge in [-0.25, -0.2) is 4.39 Å². The average molecular weight is 282 g/mol. The monoisotopic (exact) mass is 282 g/mol. The Bertz CT molecular complexity index is 432. The average Bonchev–Trinajstić information content (AvgIpc) is 2.25. The largest absolute Gasteiger partial charge is 0.491 e. The molecule has 0 spiro atoms. The number of hydrogen-bond donors (Lipinski definition) is 0. The first-order chi connectivity index (χ1) is 8.63. The van der Waals surface area contributed by atoms with Crippen molar-refractivity contribution >= 4 is 13.3 Å². The van der Waals surface area contributed by atoms with Crippen LogP contribution in [0.15, 0.2) is 18.2 Å². The number of benzene rings is 1. The molecule has 0 heterocycles. The third kappa shape index (κ3) is 4.36. The molecule has 1 rings (SSSR count). The zero-order valence-electron chi connectivity index (χ0n) is 9.61. The van der Waals surface area contributed by atoms with Crippen LogP contribution in [0.3, 0.4) is 0 Å². The summed E-state index contributed by atoms with van der Waals surface area (Å²) >= 11 is 0. The van der Waals surface area contributed by atoms with Gasteiger partial charge < -0.3 is 4.74 Å². The van der Waals surface area contributed by atoms with Crippen molar-refractivity contribution in [2.24, 2.45) is 0 Å². The lowest BCUT2D eigenvalue weighted by atomic mass is 9.96. The lowest BCUT2D eigenvalue weighted by molar-refractivity contribution is -0.284. The Morgan fingerprint density at radius 1 is 1.11 bits per heavy atom. The van der Waals surface area contributed by atoms with Crippen LogP contribution < -0.4 is 10.2 Å². The molecule has 0 saturated heterocycles. The fraction of sp³-hybridized carbons (Fsp3) is 0.455. The molecule has 0 aliphatic carbocycles. The van der Waals surface area contributed by atoms with E-state index in [4.69, 9.17) is 12.6 Å². The Morgan fingerprint density at radius 3 is 2.26 bits per heavy atom. The summed E-state index contributed by atoms with van der Waals surface area (Å²) in [5, 5.41) is 0. The van der Waals surface area contributed by atoms with Gasteiger partial charge in [0.05, 0.1) is 6.61 Å². The van der Waals surface area contributed by atoms with Crippen LogP contribution in [-0.2, 0) is 0 Å². The van der Waals surface area contributed by atoms with E-state index in [1.807, 2.05) is 0 Å². The Morgan fingerprint density at radius 2 is 1.74 bits per heavy atom. The van der Waals surface area contributed by atoms with Crippen LogP contribution in [0.1, 0.15) is 12.8 Å². The zero-order valence-corrected chi connectivity index (χ0v) is 9.61. The second-order valence-electron chi connectivity index (χ2n) is 3.84. The molecule has 0 bridgehead atoms. The van der Waals surface area contributed by atoms with Gasteiger partial charge in [-0.05, 0) is 18.6 Å². The van der Waals surface area contributed by atoms with Gasteiger partial charge in [0.1, 0.15) is 7.85 Å². The standard InChI is InChI=1S/C11H9BF6O/c12-7-2-3-9(8(13)6-7)19-5-1-4-10(14,15)11(16,17)18/h2-3,6H,1,4-5H2. The summed E-state index contributed by atoms with van der Waals surface area (Å²) in [5.74, 6) is -5.82. The molecule has 0 N–H and O–H groups in total. The quantitative estimate of drug-likeness (QED) is 0.458. The van der Waals surface area contributed by atoms with E-state index in [1.165, 1.54) is 12.1 Å². The summed E-state index contributed by atoms with van der Waals surface area (Å²) in [7, 11) is 5.27. The van der Waals surface area contributed by atoms with Crippen LogP contribution in [0.25, 0.3) is 0 Å². The molecule has 0 fully saturated rings. The van der Waals surface area contributed by atoms with Gasteiger partial charge in [-0.1, -0.05) is 11.5 Å². The van der Waals surface area contributed by atoms with E-state index in [0.29, 0.717) is 0 Å². The minimum Gasteiger partial charge on any atom is -0.491 e. The van der Waals surface area contributed by atoms with Gasteiger partial charge in [0.2, 0.25) is 0 Å². The maximum atomic E-state index is 13.2. The number of rotatable bonds is 5. The van der Waals surface area contributed by atoms with Crippen molar-refractivity contribution < 1.29 is 31.1 Å². The topological polar surface area (TPSA) is 9.23 Å². The Labute approximate surface area is 107 Å². The highest BCUT2D eigenvalue weighted by Gasteiger charge is 2.56. The lowest BCUT2D eigenvalue weighted by Crippen LogP contribution is -2.36. The predicted molar refractivity (Wildman–Crippen MR) is 57.5 cm³/mol. The lowest BCUT2D eigenvalue weighted by Gasteiger charge is -2.19. The van der Waals surface area contributed by atoms with Crippen molar-refractivity contribution in [3.63, 3.8) is 0 Å². The summed E-state index contributed by atoms with van der Waals surface area (Å²) in [6.45, 7) is -0.452. The SMILES string of the molecule is [B]c1ccc(OCCCC(F)(F)C(F)(F)F)c(F)c1. The van der Waals surface area contributed by atoms with E-state index >= 15 is 0 Å². The van der Waals surface area contributed by atoms with Crippen LogP contribution in [0, 0.1) is 5.82 Å². The molecular formula is C11H9BF6O. The van der Waals surface area contributed by atoms with Gasteiger partial charge in [0.25, 0.3) is 0 Å². The number of halogens is 6. The fourth-order valence-corrected chi connectivity index (χ4v) is 1.25. The van der Waals surface area contributed by atoms with Gasteiger partial charge in [0.15, 0.2) is 11.6 Å². The zero-order chi connectivity index (χ0) is 14.7. The number of alkyl halides is 5. The molecule has 0 unspecified atom stereocenters. The van der Waals surface area contributed by atoms with Crippen molar-refractivity contribution in [3.05, 3.63) is 24.0 Å². The minimum atomic E-state index is -5.58. The van der Waals surface area contributed by atoms with Crippen LogP contribution in [0.2, 0.25) is 0 Å². The molecule has 2 radical (unpaired) electrons. The second-order valence-corrected chi connectivity index (χ2v) is 3.84. The molecule has 0 aromatic heterocycles. The first-order valence-corrected chi connectivity index (χ1v) is 5.26. The van der Waals surface area contributed by atoms with E-state index in [0.717, 1.165) is 6.07 Å². The predicted octanol–water partition coefficient (Wildman–Crippen LogP) is 2.98. The van der Waals surface area contributed by atoms with Crippen LogP contribution in [0.5, 0.6) is 5.75 Å². The molecule has 0 saturated carbocycles. The van der Waals surface area contributed by atoms with Crippen molar-refractivity contribution in [2.75, 3.05) is 6.61 Å². The van der Waals surface area contributed by atoms with E-state index in [1.54, 1.807) is 0 Å². The molecule has 8 heteroatoms. The summed E-state index contributed by atoms with van der Waals surface area (Å²) in [4.78, 5) is 0. The van der Waals surface area contributed by atoms with Crippen molar-refractivity contribution in [1.29, 1.82) is 0 Å². The summed E-state index contributed by atoms with van der Waals surface area (Å²) in [6, 6.07) is 3.45. The molecule has 1 aromatic carbocycles. The van der Waals surface area contributed by atoms with Gasteiger partial charge in [-0.3, -0.25) is 0 Å². The maximum absolute atomic E-state index is 13.2. The highest BCUT2D eigenvalue weighted by Crippen LogP contribution is 2.38. The maximum Gasteiger partial charge on any atom is 0.453 e. The van der Waals surface area contributed by atoms with Gasteiger partial charge in [-0.15, -0.1) is 0 Å². The van der Waals surface area contributed by atoms with Gasteiger partial charge in [-0.2, -0.15) is 22.0 Å². The number of hydrogen-bond acceptors (Lipinski definition) is 1. The van der Waals surface area contributed by atoms with Crippen LogP contribution >= 0.6 is 0 Å². The second kappa shape index (κ2) is 5.75. The molecular weight excluding hydrogens is 273 g/mol. The first kappa shape index (κ1) is 15.7. The molecule has 0 aliphatic rings. The Kier molecular flexibility index (Phi) is 4.76.